The molecule has 2 heterocycles. The molecule has 6 nitrogen and oxygen atoms in total. The lowest BCUT2D eigenvalue weighted by molar-refractivity contribution is -0.135. The van der Waals surface area contributed by atoms with Crippen LogP contribution in [0.25, 0.3) is 11.2 Å². The molecule has 0 atom stereocenters. The molecule has 19 heavy (non-hydrogen) atoms. The summed E-state index contributed by atoms with van der Waals surface area (Å²) < 4.78 is 35.9. The monoisotopic (exact) mass is 274 g/mol. The number of hydrogen-bond donors (Lipinski definition) is 3. The van der Waals surface area contributed by atoms with Gasteiger partial charge in [0.2, 0.25) is 5.95 Å². The molecule has 0 bridgehead atoms. The van der Waals surface area contributed by atoms with Crippen LogP contribution < -0.4 is 11.1 Å². The number of imidazole rings is 1. The Bertz CT molecular complexity index is 550. The maximum absolute atomic E-state index is 12.0. The third-order valence-corrected chi connectivity index (χ3v) is 2.48. The van der Waals surface area contributed by atoms with Gasteiger partial charge in [0.25, 0.3) is 0 Å². The first-order valence-electron chi connectivity index (χ1n) is 5.73. The zero-order valence-electron chi connectivity index (χ0n) is 9.96. The molecule has 2 aromatic rings. The maximum Gasteiger partial charge on any atom is 0.389 e. The van der Waals surface area contributed by atoms with Crippen LogP contribution in [0.4, 0.5) is 24.9 Å². The third kappa shape index (κ3) is 3.70. The first-order valence-corrected chi connectivity index (χ1v) is 5.73. The minimum absolute atomic E-state index is 0.0670. The number of aromatic amines is 1. The van der Waals surface area contributed by atoms with Crippen LogP contribution in [-0.4, -0.2) is 32.7 Å². The summed E-state index contributed by atoms with van der Waals surface area (Å²) in [5, 5.41) is 2.93. The van der Waals surface area contributed by atoms with Crippen LogP contribution in [0.3, 0.4) is 0 Å². The first-order chi connectivity index (χ1) is 8.96. The normalized spacial score (nSPS) is 11.9. The molecule has 4 N–H and O–H groups in total. The second kappa shape index (κ2) is 5.29. The Morgan fingerprint density at radius 1 is 1.26 bits per heavy atom. The van der Waals surface area contributed by atoms with Crippen molar-refractivity contribution in [1.82, 2.24) is 19.9 Å². The van der Waals surface area contributed by atoms with Crippen molar-refractivity contribution in [3.05, 3.63) is 6.33 Å². The van der Waals surface area contributed by atoms with Gasteiger partial charge in [-0.05, 0) is 12.8 Å². The van der Waals surface area contributed by atoms with Crippen molar-refractivity contribution in [2.45, 2.75) is 25.4 Å². The molecule has 2 rings (SSSR count). The van der Waals surface area contributed by atoms with E-state index in [2.05, 4.69) is 25.3 Å². The van der Waals surface area contributed by atoms with Crippen LogP contribution in [0.2, 0.25) is 0 Å². The molecule has 0 aliphatic heterocycles. The Hall–Kier alpha value is -2.06. The SMILES string of the molecule is Nc1nc(NCCCCC(F)(F)F)c2[nH]cnc2n1. The number of nitrogen functional groups attached to an aromatic ring is 1. The lowest BCUT2D eigenvalue weighted by atomic mass is 10.2. The Kier molecular flexibility index (Phi) is 3.72. The Balaban J connectivity index is 1.89. The van der Waals surface area contributed by atoms with Gasteiger partial charge in [0.1, 0.15) is 5.52 Å². The van der Waals surface area contributed by atoms with Crippen LogP contribution in [-0.2, 0) is 0 Å². The molecule has 0 aliphatic rings. The van der Waals surface area contributed by atoms with Gasteiger partial charge < -0.3 is 16.0 Å². The fourth-order valence-electron chi connectivity index (χ4n) is 1.64. The molecule has 0 aliphatic carbocycles. The molecular formula is C10H13F3N6. The maximum atomic E-state index is 12.0. The van der Waals surface area contributed by atoms with Crippen molar-refractivity contribution >= 4 is 22.9 Å². The molecule has 0 aromatic carbocycles. The minimum atomic E-state index is -4.10. The Morgan fingerprint density at radius 3 is 2.79 bits per heavy atom. The predicted molar refractivity (Wildman–Crippen MR) is 64.5 cm³/mol. The topological polar surface area (TPSA) is 92.5 Å². The number of rotatable bonds is 5. The average Bonchev–Trinajstić information content (AvgIpc) is 2.74. The molecule has 0 radical (unpaired) electrons. The molecule has 2 aromatic heterocycles. The number of H-pyrrole nitrogens is 1. The van der Waals surface area contributed by atoms with Gasteiger partial charge in [-0.25, -0.2) is 4.98 Å². The van der Waals surface area contributed by atoms with Crippen molar-refractivity contribution in [3.8, 4) is 0 Å². The Labute approximate surface area is 106 Å². The number of aromatic nitrogens is 4. The quantitative estimate of drug-likeness (QED) is 0.726. The highest BCUT2D eigenvalue weighted by molar-refractivity contribution is 5.83. The van der Waals surface area contributed by atoms with Gasteiger partial charge in [0.15, 0.2) is 11.5 Å². The summed E-state index contributed by atoms with van der Waals surface area (Å²) in [5.41, 5.74) is 6.52. The average molecular weight is 274 g/mol. The fourth-order valence-corrected chi connectivity index (χ4v) is 1.64. The van der Waals surface area contributed by atoms with Gasteiger partial charge in [0, 0.05) is 13.0 Å². The molecule has 0 fully saturated rings. The molecule has 0 saturated heterocycles. The van der Waals surface area contributed by atoms with Gasteiger partial charge >= 0.3 is 6.18 Å². The molecule has 104 valence electrons. The van der Waals surface area contributed by atoms with Crippen molar-refractivity contribution in [2.75, 3.05) is 17.6 Å². The second-order valence-corrected chi connectivity index (χ2v) is 4.03. The van der Waals surface area contributed by atoms with Crippen LogP contribution in [0.5, 0.6) is 0 Å². The number of anilines is 2. The lowest BCUT2D eigenvalue weighted by Gasteiger charge is -2.08. The van der Waals surface area contributed by atoms with Crippen molar-refractivity contribution in [3.63, 3.8) is 0 Å². The van der Waals surface area contributed by atoms with Gasteiger partial charge in [-0.2, -0.15) is 23.1 Å². The van der Waals surface area contributed by atoms with E-state index in [1.807, 2.05) is 0 Å². The van der Waals surface area contributed by atoms with E-state index in [0.717, 1.165) is 0 Å². The summed E-state index contributed by atoms with van der Waals surface area (Å²) in [7, 11) is 0. The van der Waals surface area contributed by atoms with E-state index in [4.69, 9.17) is 5.73 Å². The standard InChI is InChI=1S/C10H13F3N6/c11-10(12,13)3-1-2-4-15-7-6-8(17-5-16-6)19-9(14)18-7/h5H,1-4H2,(H4,14,15,16,17,18,19). The molecule has 9 heteroatoms. The minimum Gasteiger partial charge on any atom is -0.368 e. The number of unbranched alkanes of at least 4 members (excludes halogenated alkanes) is 1. The molecule has 0 spiro atoms. The van der Waals surface area contributed by atoms with Crippen LogP contribution in [0.15, 0.2) is 6.33 Å². The summed E-state index contributed by atoms with van der Waals surface area (Å²) in [6, 6.07) is 0. The molecule has 0 unspecified atom stereocenters. The predicted octanol–water partition coefficient (Wildman–Crippen LogP) is 2.08. The molecule has 0 amide bonds. The first kappa shape index (κ1) is 13.4. The van der Waals surface area contributed by atoms with Crippen LogP contribution >= 0.6 is 0 Å². The smallest absolute Gasteiger partial charge is 0.368 e. The number of nitrogens with two attached hydrogens (primary N) is 1. The number of halogens is 3. The van der Waals surface area contributed by atoms with E-state index in [0.29, 0.717) is 29.9 Å². The van der Waals surface area contributed by atoms with Crippen molar-refractivity contribution in [2.24, 2.45) is 0 Å². The van der Waals surface area contributed by atoms with Gasteiger partial charge in [-0.3, -0.25) is 0 Å². The summed E-state index contributed by atoms with van der Waals surface area (Å²) >= 11 is 0. The highest BCUT2D eigenvalue weighted by atomic mass is 19.4. The summed E-state index contributed by atoms with van der Waals surface area (Å²) in [6.45, 7) is 0.376. The number of hydrogen-bond acceptors (Lipinski definition) is 5. The van der Waals surface area contributed by atoms with E-state index in [1.165, 1.54) is 6.33 Å². The highest BCUT2D eigenvalue weighted by Crippen LogP contribution is 2.22. The van der Waals surface area contributed by atoms with Crippen molar-refractivity contribution < 1.29 is 13.2 Å². The second-order valence-electron chi connectivity index (χ2n) is 4.03. The zero-order valence-corrected chi connectivity index (χ0v) is 9.96. The van der Waals surface area contributed by atoms with E-state index in [1.54, 1.807) is 0 Å². The summed E-state index contributed by atoms with van der Waals surface area (Å²) in [5.74, 6) is 0.518. The largest absolute Gasteiger partial charge is 0.389 e. The van der Waals surface area contributed by atoms with E-state index in [9.17, 15) is 13.2 Å². The Morgan fingerprint density at radius 2 is 2.05 bits per heavy atom. The third-order valence-electron chi connectivity index (χ3n) is 2.48. The highest BCUT2D eigenvalue weighted by Gasteiger charge is 2.25. The lowest BCUT2D eigenvalue weighted by Crippen LogP contribution is -2.10. The van der Waals surface area contributed by atoms with Crippen LogP contribution in [0.1, 0.15) is 19.3 Å². The van der Waals surface area contributed by atoms with Crippen LogP contribution in [0, 0.1) is 0 Å². The molecular weight excluding hydrogens is 261 g/mol. The van der Waals surface area contributed by atoms with E-state index in [-0.39, 0.29) is 12.4 Å². The van der Waals surface area contributed by atoms with E-state index >= 15 is 0 Å². The van der Waals surface area contributed by atoms with Gasteiger partial charge in [-0.15, -0.1) is 0 Å². The van der Waals surface area contributed by atoms with Gasteiger partial charge in [0.05, 0.1) is 6.33 Å². The summed E-state index contributed by atoms with van der Waals surface area (Å²) in [4.78, 5) is 14.7. The zero-order chi connectivity index (χ0) is 13.9. The number of nitrogens with zero attached hydrogens (tertiary/aromatic N) is 3. The molecule has 0 saturated carbocycles. The van der Waals surface area contributed by atoms with Crippen molar-refractivity contribution in [1.29, 1.82) is 0 Å². The fraction of sp³-hybridized carbons (Fsp3) is 0.500. The number of nitrogens with one attached hydrogen (secondary N) is 2. The number of alkyl halides is 3. The number of fused-ring (bicyclic) bond motifs is 1. The summed E-state index contributed by atoms with van der Waals surface area (Å²) in [6.07, 6.45) is -2.97. The van der Waals surface area contributed by atoms with E-state index < -0.39 is 12.6 Å². The van der Waals surface area contributed by atoms with Gasteiger partial charge in [-0.1, -0.05) is 0 Å².